The number of ether oxygens (including phenoxy) is 1. The maximum absolute atomic E-state index is 5.10. The molecule has 0 bridgehead atoms. The van der Waals surface area contributed by atoms with Crippen molar-refractivity contribution in [2.24, 2.45) is 0 Å². The molecule has 0 aliphatic heterocycles. The number of fused-ring (bicyclic) bond motifs is 1. The first-order chi connectivity index (χ1) is 8.36. The molecule has 4 heteroatoms. The lowest BCUT2D eigenvalue weighted by atomic mass is 10.3. The number of rotatable bonds is 6. The van der Waals surface area contributed by atoms with Crippen molar-refractivity contribution < 1.29 is 4.74 Å². The Bertz CT molecular complexity index is 478. The second-order valence-corrected chi connectivity index (χ2v) is 4.12. The van der Waals surface area contributed by atoms with E-state index in [0.717, 1.165) is 49.4 Å². The SMILES string of the molecule is CCCc1nc2cccnc2n1CCCOC. The summed E-state index contributed by atoms with van der Waals surface area (Å²) in [6, 6.07) is 3.96. The largest absolute Gasteiger partial charge is 0.385 e. The van der Waals surface area contributed by atoms with Crippen LogP contribution in [0.3, 0.4) is 0 Å². The van der Waals surface area contributed by atoms with Crippen LogP contribution < -0.4 is 0 Å². The standard InChI is InChI=1S/C13H19N3O/c1-3-6-12-15-11-7-4-8-14-13(11)16(12)9-5-10-17-2/h4,7-8H,3,5-6,9-10H2,1-2H3. The predicted molar refractivity (Wildman–Crippen MR) is 68.0 cm³/mol. The van der Waals surface area contributed by atoms with Gasteiger partial charge in [-0.3, -0.25) is 0 Å². The summed E-state index contributed by atoms with van der Waals surface area (Å²) >= 11 is 0. The molecule has 2 aromatic heterocycles. The molecule has 0 spiro atoms. The van der Waals surface area contributed by atoms with Crippen molar-refractivity contribution in [3.63, 3.8) is 0 Å². The van der Waals surface area contributed by atoms with Gasteiger partial charge in [0.05, 0.1) is 0 Å². The van der Waals surface area contributed by atoms with E-state index in [1.165, 1.54) is 0 Å². The maximum atomic E-state index is 5.10. The van der Waals surface area contributed by atoms with E-state index >= 15 is 0 Å². The topological polar surface area (TPSA) is 39.9 Å². The molecule has 0 radical (unpaired) electrons. The summed E-state index contributed by atoms with van der Waals surface area (Å²) in [6.07, 6.45) is 4.93. The van der Waals surface area contributed by atoms with E-state index < -0.39 is 0 Å². The van der Waals surface area contributed by atoms with Crippen LogP contribution in [0.2, 0.25) is 0 Å². The van der Waals surface area contributed by atoms with Gasteiger partial charge in [0.15, 0.2) is 5.65 Å². The first-order valence-electron chi connectivity index (χ1n) is 6.16. The van der Waals surface area contributed by atoms with Crippen LogP contribution in [0.25, 0.3) is 11.2 Å². The summed E-state index contributed by atoms with van der Waals surface area (Å²) in [7, 11) is 1.73. The molecule has 2 rings (SSSR count). The Kier molecular flexibility index (Phi) is 4.09. The summed E-state index contributed by atoms with van der Waals surface area (Å²) < 4.78 is 7.32. The fourth-order valence-electron chi connectivity index (χ4n) is 2.02. The fraction of sp³-hybridized carbons (Fsp3) is 0.538. The van der Waals surface area contributed by atoms with Crippen LogP contribution >= 0.6 is 0 Å². The quantitative estimate of drug-likeness (QED) is 0.719. The lowest BCUT2D eigenvalue weighted by Crippen LogP contribution is -2.06. The van der Waals surface area contributed by atoms with Crippen molar-refractivity contribution in [3.05, 3.63) is 24.2 Å². The Balaban J connectivity index is 2.30. The number of aryl methyl sites for hydroxylation is 2. The van der Waals surface area contributed by atoms with E-state index in [2.05, 4.69) is 21.5 Å². The number of aromatic nitrogens is 3. The number of hydrogen-bond acceptors (Lipinski definition) is 3. The normalized spacial score (nSPS) is 11.2. The van der Waals surface area contributed by atoms with Crippen molar-refractivity contribution in [1.82, 2.24) is 14.5 Å². The highest BCUT2D eigenvalue weighted by Gasteiger charge is 2.09. The minimum atomic E-state index is 0.776. The van der Waals surface area contributed by atoms with Gasteiger partial charge in [0.25, 0.3) is 0 Å². The molecule has 0 amide bonds. The molecule has 4 nitrogen and oxygen atoms in total. The van der Waals surface area contributed by atoms with Crippen molar-refractivity contribution in [1.29, 1.82) is 0 Å². The average Bonchev–Trinajstić information content (AvgIpc) is 2.69. The van der Waals surface area contributed by atoms with Gasteiger partial charge < -0.3 is 9.30 Å². The van der Waals surface area contributed by atoms with Gasteiger partial charge in [0.2, 0.25) is 0 Å². The molecule has 0 aliphatic rings. The first kappa shape index (κ1) is 12.0. The van der Waals surface area contributed by atoms with E-state index in [4.69, 9.17) is 4.74 Å². The molecule has 0 fully saturated rings. The highest BCUT2D eigenvalue weighted by atomic mass is 16.5. The van der Waals surface area contributed by atoms with Gasteiger partial charge >= 0.3 is 0 Å². The van der Waals surface area contributed by atoms with Crippen LogP contribution in [0.1, 0.15) is 25.6 Å². The lowest BCUT2D eigenvalue weighted by Gasteiger charge is -2.07. The van der Waals surface area contributed by atoms with Gasteiger partial charge in [-0.2, -0.15) is 0 Å². The molecule has 92 valence electrons. The Morgan fingerprint density at radius 3 is 3.06 bits per heavy atom. The Labute approximate surface area is 102 Å². The van der Waals surface area contributed by atoms with Gasteiger partial charge in [-0.25, -0.2) is 9.97 Å². The molecule has 2 aromatic rings. The van der Waals surface area contributed by atoms with E-state index in [0.29, 0.717) is 0 Å². The Hall–Kier alpha value is -1.42. The van der Waals surface area contributed by atoms with Crippen molar-refractivity contribution in [3.8, 4) is 0 Å². The summed E-state index contributed by atoms with van der Waals surface area (Å²) in [6.45, 7) is 3.88. The first-order valence-corrected chi connectivity index (χ1v) is 6.16. The highest BCUT2D eigenvalue weighted by molar-refractivity contribution is 5.71. The molecule has 0 unspecified atom stereocenters. The van der Waals surface area contributed by atoms with E-state index in [1.807, 2.05) is 18.3 Å². The third-order valence-electron chi connectivity index (χ3n) is 2.79. The monoisotopic (exact) mass is 233 g/mol. The van der Waals surface area contributed by atoms with Crippen LogP contribution in [0.5, 0.6) is 0 Å². The minimum absolute atomic E-state index is 0.776. The molecule has 0 aliphatic carbocycles. The summed E-state index contributed by atoms with van der Waals surface area (Å²) in [5.41, 5.74) is 1.99. The molecule has 0 aromatic carbocycles. The predicted octanol–water partition coefficient (Wildman–Crippen LogP) is 2.42. The zero-order valence-corrected chi connectivity index (χ0v) is 10.5. The molecule has 0 saturated carbocycles. The molecular formula is C13H19N3O. The number of imidazole rings is 1. The van der Waals surface area contributed by atoms with Gasteiger partial charge in [-0.05, 0) is 25.0 Å². The second-order valence-electron chi connectivity index (χ2n) is 4.12. The van der Waals surface area contributed by atoms with Crippen LogP contribution in [0.15, 0.2) is 18.3 Å². The number of nitrogens with zero attached hydrogens (tertiary/aromatic N) is 3. The smallest absolute Gasteiger partial charge is 0.159 e. The van der Waals surface area contributed by atoms with Crippen molar-refractivity contribution >= 4 is 11.2 Å². The van der Waals surface area contributed by atoms with Crippen LogP contribution in [-0.4, -0.2) is 28.3 Å². The summed E-state index contributed by atoms with van der Waals surface area (Å²) in [5, 5.41) is 0. The molecular weight excluding hydrogens is 214 g/mol. The maximum Gasteiger partial charge on any atom is 0.159 e. The van der Waals surface area contributed by atoms with Gasteiger partial charge in [-0.15, -0.1) is 0 Å². The average molecular weight is 233 g/mol. The fourth-order valence-corrected chi connectivity index (χ4v) is 2.02. The minimum Gasteiger partial charge on any atom is -0.385 e. The van der Waals surface area contributed by atoms with Gasteiger partial charge in [0.1, 0.15) is 11.3 Å². The molecule has 0 atom stereocenters. The van der Waals surface area contributed by atoms with Crippen molar-refractivity contribution in [2.75, 3.05) is 13.7 Å². The second kappa shape index (κ2) is 5.77. The zero-order chi connectivity index (χ0) is 12.1. The molecule has 0 saturated heterocycles. The van der Waals surface area contributed by atoms with E-state index in [9.17, 15) is 0 Å². The van der Waals surface area contributed by atoms with Crippen LogP contribution in [-0.2, 0) is 17.7 Å². The third-order valence-corrected chi connectivity index (χ3v) is 2.79. The Morgan fingerprint density at radius 2 is 2.29 bits per heavy atom. The highest BCUT2D eigenvalue weighted by Crippen LogP contribution is 2.15. The van der Waals surface area contributed by atoms with Gasteiger partial charge in [-0.1, -0.05) is 6.92 Å². The lowest BCUT2D eigenvalue weighted by molar-refractivity contribution is 0.190. The number of pyridine rings is 1. The molecule has 2 heterocycles. The van der Waals surface area contributed by atoms with E-state index in [-0.39, 0.29) is 0 Å². The van der Waals surface area contributed by atoms with Crippen LogP contribution in [0, 0.1) is 0 Å². The zero-order valence-electron chi connectivity index (χ0n) is 10.5. The summed E-state index contributed by atoms with van der Waals surface area (Å²) in [4.78, 5) is 9.06. The summed E-state index contributed by atoms with van der Waals surface area (Å²) in [5.74, 6) is 1.14. The van der Waals surface area contributed by atoms with Gasteiger partial charge in [0, 0.05) is 32.9 Å². The number of methoxy groups -OCH3 is 1. The number of hydrogen-bond donors (Lipinski definition) is 0. The molecule has 0 N–H and O–H groups in total. The van der Waals surface area contributed by atoms with Crippen LogP contribution in [0.4, 0.5) is 0 Å². The van der Waals surface area contributed by atoms with E-state index in [1.54, 1.807) is 7.11 Å². The third kappa shape index (κ3) is 2.64. The molecule has 17 heavy (non-hydrogen) atoms. The van der Waals surface area contributed by atoms with Crippen molar-refractivity contribution in [2.45, 2.75) is 32.7 Å². The Morgan fingerprint density at radius 1 is 1.41 bits per heavy atom.